The van der Waals surface area contributed by atoms with E-state index in [1.807, 2.05) is 38.1 Å². The largest absolute Gasteiger partial charge is 0.347 e. The third-order valence-electron chi connectivity index (χ3n) is 3.94. The van der Waals surface area contributed by atoms with Crippen LogP contribution in [0.4, 0.5) is 5.69 Å². The van der Waals surface area contributed by atoms with Gasteiger partial charge in [0.15, 0.2) is 0 Å². The van der Waals surface area contributed by atoms with E-state index in [-0.39, 0.29) is 24.3 Å². The Kier molecular flexibility index (Phi) is 5.14. The number of rotatable bonds is 4. The molecule has 1 aromatic carbocycles. The van der Waals surface area contributed by atoms with Crippen LogP contribution in [0.15, 0.2) is 30.4 Å². The van der Waals surface area contributed by atoms with Gasteiger partial charge in [-0.25, -0.2) is 0 Å². The Bertz CT molecular complexity index is 564. The molecule has 0 bridgehead atoms. The van der Waals surface area contributed by atoms with Crippen molar-refractivity contribution >= 4 is 17.5 Å². The molecule has 2 amide bonds. The monoisotopic (exact) mass is 286 g/mol. The first-order valence-corrected chi connectivity index (χ1v) is 7.36. The van der Waals surface area contributed by atoms with Crippen molar-refractivity contribution in [2.75, 3.05) is 11.9 Å². The van der Waals surface area contributed by atoms with Crippen LogP contribution >= 0.6 is 0 Å². The molecule has 0 fully saturated rings. The third kappa shape index (κ3) is 4.18. The maximum Gasteiger partial charge on any atom is 0.243 e. The Hall–Kier alpha value is -2.10. The van der Waals surface area contributed by atoms with Crippen LogP contribution in [0.3, 0.4) is 0 Å². The second kappa shape index (κ2) is 7.07. The molecule has 0 saturated carbocycles. The fourth-order valence-corrected chi connectivity index (χ4v) is 2.42. The second-order valence-corrected chi connectivity index (χ2v) is 5.49. The van der Waals surface area contributed by atoms with E-state index >= 15 is 0 Å². The Morgan fingerprint density at radius 2 is 2.05 bits per heavy atom. The molecular weight excluding hydrogens is 264 g/mol. The molecule has 0 saturated heterocycles. The summed E-state index contributed by atoms with van der Waals surface area (Å²) in [6, 6.07) is 5.78. The molecule has 1 aromatic rings. The predicted octanol–water partition coefficient (Wildman–Crippen LogP) is 2.71. The van der Waals surface area contributed by atoms with Crippen molar-refractivity contribution in [3.63, 3.8) is 0 Å². The number of benzene rings is 1. The summed E-state index contributed by atoms with van der Waals surface area (Å²) in [5.74, 6) is -0.220. The van der Waals surface area contributed by atoms with E-state index in [4.69, 9.17) is 0 Å². The lowest BCUT2D eigenvalue weighted by atomic mass is 9.94. The standard InChI is InChI=1S/C17H22N2O2/c1-12-7-6-10-15(13(12)2)19-16(20)11-18-17(21)14-8-4-3-5-9-14/h3-4,6-7,10,14H,5,8-9,11H2,1-2H3,(H,18,21)(H,19,20). The summed E-state index contributed by atoms with van der Waals surface area (Å²) in [5.41, 5.74) is 2.98. The molecule has 1 unspecified atom stereocenters. The van der Waals surface area contributed by atoms with Crippen LogP contribution < -0.4 is 10.6 Å². The summed E-state index contributed by atoms with van der Waals surface area (Å²) in [6.45, 7) is 3.99. The minimum Gasteiger partial charge on any atom is -0.347 e. The first-order chi connectivity index (χ1) is 10.1. The highest BCUT2D eigenvalue weighted by Gasteiger charge is 2.19. The molecule has 1 aliphatic rings. The molecule has 0 heterocycles. The Balaban J connectivity index is 1.83. The van der Waals surface area contributed by atoms with Crippen LogP contribution in [0.5, 0.6) is 0 Å². The van der Waals surface area contributed by atoms with Crippen molar-refractivity contribution in [3.05, 3.63) is 41.5 Å². The van der Waals surface area contributed by atoms with Crippen molar-refractivity contribution in [2.24, 2.45) is 5.92 Å². The number of amides is 2. The maximum absolute atomic E-state index is 12.0. The fourth-order valence-electron chi connectivity index (χ4n) is 2.42. The van der Waals surface area contributed by atoms with Gasteiger partial charge in [0.05, 0.1) is 6.54 Å². The van der Waals surface area contributed by atoms with E-state index in [0.29, 0.717) is 0 Å². The van der Waals surface area contributed by atoms with Gasteiger partial charge in [0, 0.05) is 11.6 Å². The lowest BCUT2D eigenvalue weighted by molar-refractivity contribution is -0.127. The van der Waals surface area contributed by atoms with Gasteiger partial charge in [0.1, 0.15) is 0 Å². The summed E-state index contributed by atoms with van der Waals surface area (Å²) in [7, 11) is 0. The van der Waals surface area contributed by atoms with Gasteiger partial charge in [0.2, 0.25) is 11.8 Å². The van der Waals surface area contributed by atoms with Crippen molar-refractivity contribution in [1.82, 2.24) is 5.32 Å². The molecule has 1 atom stereocenters. The first kappa shape index (κ1) is 15.3. The van der Waals surface area contributed by atoms with Crippen molar-refractivity contribution in [3.8, 4) is 0 Å². The SMILES string of the molecule is Cc1cccc(NC(=O)CNC(=O)C2CC=CCC2)c1C. The summed E-state index contributed by atoms with van der Waals surface area (Å²) in [5, 5.41) is 5.56. The quantitative estimate of drug-likeness (QED) is 0.836. The van der Waals surface area contributed by atoms with Crippen LogP contribution in [-0.4, -0.2) is 18.4 Å². The molecule has 0 radical (unpaired) electrons. The molecule has 21 heavy (non-hydrogen) atoms. The molecule has 4 heteroatoms. The van der Waals surface area contributed by atoms with Crippen LogP contribution in [0, 0.1) is 19.8 Å². The second-order valence-electron chi connectivity index (χ2n) is 5.49. The summed E-state index contributed by atoms with van der Waals surface area (Å²) < 4.78 is 0. The fraction of sp³-hybridized carbons (Fsp3) is 0.412. The molecule has 0 aliphatic heterocycles. The Morgan fingerprint density at radius 1 is 1.24 bits per heavy atom. The van der Waals surface area contributed by atoms with Gasteiger partial charge >= 0.3 is 0 Å². The maximum atomic E-state index is 12.0. The van der Waals surface area contributed by atoms with E-state index in [1.165, 1.54) is 0 Å². The van der Waals surface area contributed by atoms with Gasteiger partial charge in [-0.2, -0.15) is 0 Å². The average molecular weight is 286 g/mol. The highest BCUT2D eigenvalue weighted by Crippen LogP contribution is 2.19. The van der Waals surface area contributed by atoms with E-state index in [2.05, 4.69) is 16.7 Å². The summed E-state index contributed by atoms with van der Waals surface area (Å²) in [4.78, 5) is 23.9. The van der Waals surface area contributed by atoms with Gasteiger partial charge in [-0.05, 0) is 50.3 Å². The zero-order valence-corrected chi connectivity index (χ0v) is 12.6. The molecule has 0 aromatic heterocycles. The average Bonchev–Trinajstić information content (AvgIpc) is 2.50. The van der Waals surface area contributed by atoms with Gasteiger partial charge in [-0.1, -0.05) is 24.3 Å². The number of allylic oxidation sites excluding steroid dienone is 2. The number of hydrogen-bond donors (Lipinski definition) is 2. The summed E-state index contributed by atoms with van der Waals surface area (Å²) >= 11 is 0. The third-order valence-corrected chi connectivity index (χ3v) is 3.94. The molecule has 2 rings (SSSR count). The van der Waals surface area contributed by atoms with Crippen LogP contribution in [-0.2, 0) is 9.59 Å². The summed E-state index contributed by atoms with van der Waals surface area (Å²) in [6.07, 6.45) is 6.69. The van der Waals surface area contributed by atoms with Crippen LogP contribution in [0.2, 0.25) is 0 Å². The number of nitrogens with one attached hydrogen (secondary N) is 2. The van der Waals surface area contributed by atoms with Gasteiger partial charge < -0.3 is 10.6 Å². The van der Waals surface area contributed by atoms with Crippen LogP contribution in [0.25, 0.3) is 0 Å². The molecule has 4 nitrogen and oxygen atoms in total. The molecule has 2 N–H and O–H groups in total. The number of aryl methyl sites for hydroxylation is 1. The molecule has 112 valence electrons. The number of hydrogen-bond acceptors (Lipinski definition) is 2. The number of anilines is 1. The van der Waals surface area contributed by atoms with Crippen molar-refractivity contribution < 1.29 is 9.59 Å². The normalized spacial score (nSPS) is 17.3. The molecule has 1 aliphatic carbocycles. The minimum atomic E-state index is -0.191. The smallest absolute Gasteiger partial charge is 0.243 e. The lowest BCUT2D eigenvalue weighted by Gasteiger charge is -2.17. The van der Waals surface area contributed by atoms with E-state index in [1.54, 1.807) is 0 Å². The van der Waals surface area contributed by atoms with E-state index < -0.39 is 0 Å². The van der Waals surface area contributed by atoms with Gasteiger partial charge in [-0.3, -0.25) is 9.59 Å². The van der Waals surface area contributed by atoms with Gasteiger partial charge in [-0.15, -0.1) is 0 Å². The van der Waals surface area contributed by atoms with E-state index in [9.17, 15) is 9.59 Å². The lowest BCUT2D eigenvalue weighted by Crippen LogP contribution is -2.37. The predicted molar refractivity (Wildman–Crippen MR) is 84.0 cm³/mol. The Morgan fingerprint density at radius 3 is 2.76 bits per heavy atom. The number of carbonyl (C=O) groups is 2. The minimum absolute atomic E-state index is 0.00325. The van der Waals surface area contributed by atoms with Gasteiger partial charge in [0.25, 0.3) is 0 Å². The molecule has 0 spiro atoms. The van der Waals surface area contributed by atoms with Crippen molar-refractivity contribution in [1.29, 1.82) is 0 Å². The topological polar surface area (TPSA) is 58.2 Å². The zero-order chi connectivity index (χ0) is 15.2. The van der Waals surface area contributed by atoms with Crippen LogP contribution in [0.1, 0.15) is 30.4 Å². The first-order valence-electron chi connectivity index (χ1n) is 7.36. The highest BCUT2D eigenvalue weighted by molar-refractivity contribution is 5.95. The zero-order valence-electron chi connectivity index (χ0n) is 12.6. The highest BCUT2D eigenvalue weighted by atomic mass is 16.2. The van der Waals surface area contributed by atoms with Crippen molar-refractivity contribution in [2.45, 2.75) is 33.1 Å². The molecular formula is C17H22N2O2. The van der Waals surface area contributed by atoms with E-state index in [0.717, 1.165) is 36.1 Å². The Labute approximate surface area is 125 Å². The number of carbonyl (C=O) groups excluding carboxylic acids is 2.